The Balaban J connectivity index is 3.21. The molecule has 3 N–H and O–H groups in total. The summed E-state index contributed by atoms with van der Waals surface area (Å²) in [7, 11) is 0. The van der Waals surface area contributed by atoms with E-state index in [1.807, 2.05) is 0 Å². The predicted octanol–water partition coefficient (Wildman–Crippen LogP) is 1.92. The molecule has 0 radical (unpaired) electrons. The molecule has 0 aliphatic carbocycles. The second kappa shape index (κ2) is 4.45. The number of aromatic carboxylic acids is 1. The summed E-state index contributed by atoms with van der Waals surface area (Å²) < 4.78 is 5.11. The first-order valence-electron chi connectivity index (χ1n) is 5.07. The zero-order chi connectivity index (χ0) is 13.2. The molecule has 0 amide bonds. The van der Waals surface area contributed by atoms with E-state index in [0.29, 0.717) is 0 Å². The van der Waals surface area contributed by atoms with Gasteiger partial charge >= 0.3 is 11.9 Å². The number of benzene rings is 1. The second-order valence-electron chi connectivity index (χ2n) is 4.58. The molecule has 17 heavy (non-hydrogen) atoms. The highest BCUT2D eigenvalue weighted by Crippen LogP contribution is 2.21. The molecule has 0 atom stereocenters. The SMILES string of the molecule is CC(C)(C)OC(=O)c1c(N)cccc1C(=O)O. The number of carbonyl (C=O) groups is 2. The van der Waals surface area contributed by atoms with Crippen LogP contribution in [-0.2, 0) is 4.74 Å². The molecule has 0 heterocycles. The average Bonchev–Trinajstić information content (AvgIpc) is 2.13. The first-order valence-corrected chi connectivity index (χ1v) is 5.07. The van der Waals surface area contributed by atoms with Crippen molar-refractivity contribution in [1.29, 1.82) is 0 Å². The van der Waals surface area contributed by atoms with Gasteiger partial charge in [-0.15, -0.1) is 0 Å². The Morgan fingerprint density at radius 3 is 2.35 bits per heavy atom. The highest BCUT2D eigenvalue weighted by Gasteiger charge is 2.24. The molecule has 1 rings (SSSR count). The van der Waals surface area contributed by atoms with Crippen molar-refractivity contribution >= 4 is 17.6 Å². The van der Waals surface area contributed by atoms with Gasteiger partial charge < -0.3 is 15.6 Å². The van der Waals surface area contributed by atoms with E-state index in [0.717, 1.165) is 0 Å². The summed E-state index contributed by atoms with van der Waals surface area (Å²) in [4.78, 5) is 22.8. The van der Waals surface area contributed by atoms with E-state index in [1.165, 1.54) is 18.2 Å². The number of hydrogen-bond acceptors (Lipinski definition) is 4. The molecule has 0 aliphatic rings. The summed E-state index contributed by atoms with van der Waals surface area (Å²) in [5.74, 6) is -1.94. The largest absolute Gasteiger partial charge is 0.478 e. The van der Waals surface area contributed by atoms with E-state index < -0.39 is 17.5 Å². The van der Waals surface area contributed by atoms with E-state index >= 15 is 0 Å². The van der Waals surface area contributed by atoms with Gasteiger partial charge in [0.15, 0.2) is 0 Å². The Morgan fingerprint density at radius 1 is 1.29 bits per heavy atom. The van der Waals surface area contributed by atoms with Gasteiger partial charge in [0.05, 0.1) is 11.1 Å². The molecular formula is C12H15NO4. The van der Waals surface area contributed by atoms with Crippen LogP contribution in [0.15, 0.2) is 18.2 Å². The van der Waals surface area contributed by atoms with Crippen LogP contribution in [0.3, 0.4) is 0 Å². The number of carboxylic acids is 1. The maximum atomic E-state index is 11.8. The van der Waals surface area contributed by atoms with Crippen molar-refractivity contribution in [2.45, 2.75) is 26.4 Å². The maximum Gasteiger partial charge on any atom is 0.341 e. The molecule has 0 unspecified atom stereocenters. The molecule has 0 saturated carbocycles. The highest BCUT2D eigenvalue weighted by atomic mass is 16.6. The number of ether oxygens (including phenoxy) is 1. The van der Waals surface area contributed by atoms with Crippen molar-refractivity contribution in [2.75, 3.05) is 5.73 Å². The normalized spacial score (nSPS) is 11.0. The average molecular weight is 237 g/mol. The quantitative estimate of drug-likeness (QED) is 0.605. The summed E-state index contributed by atoms with van der Waals surface area (Å²) in [6, 6.07) is 4.26. The first-order chi connectivity index (χ1) is 7.72. The van der Waals surface area contributed by atoms with Gasteiger partial charge in [-0.05, 0) is 32.9 Å². The lowest BCUT2D eigenvalue weighted by atomic mass is 10.1. The molecular weight excluding hydrogens is 222 g/mol. The standard InChI is InChI=1S/C12H15NO4/c1-12(2,3)17-11(16)9-7(10(14)15)5-4-6-8(9)13/h4-6H,13H2,1-3H3,(H,14,15). The first kappa shape index (κ1) is 13.0. The van der Waals surface area contributed by atoms with Crippen LogP contribution in [0.2, 0.25) is 0 Å². The minimum absolute atomic E-state index is 0.0964. The van der Waals surface area contributed by atoms with Crippen molar-refractivity contribution in [3.8, 4) is 0 Å². The van der Waals surface area contributed by atoms with Crippen molar-refractivity contribution in [2.24, 2.45) is 0 Å². The lowest BCUT2D eigenvalue weighted by Gasteiger charge is -2.20. The lowest BCUT2D eigenvalue weighted by Crippen LogP contribution is -2.25. The molecule has 1 aromatic rings. The van der Waals surface area contributed by atoms with Crippen LogP contribution in [-0.4, -0.2) is 22.6 Å². The summed E-state index contributed by atoms with van der Waals surface area (Å²) in [5, 5.41) is 8.97. The smallest absolute Gasteiger partial charge is 0.341 e. The molecule has 0 fully saturated rings. The van der Waals surface area contributed by atoms with Crippen LogP contribution in [0.1, 0.15) is 41.5 Å². The van der Waals surface area contributed by atoms with Gasteiger partial charge in [-0.1, -0.05) is 6.07 Å². The van der Waals surface area contributed by atoms with Gasteiger partial charge in [-0.3, -0.25) is 0 Å². The molecule has 0 aromatic heterocycles. The summed E-state index contributed by atoms with van der Waals surface area (Å²) in [5.41, 5.74) is 4.76. The fourth-order valence-electron chi connectivity index (χ4n) is 1.31. The number of anilines is 1. The fraction of sp³-hybridized carbons (Fsp3) is 0.333. The van der Waals surface area contributed by atoms with Crippen LogP contribution < -0.4 is 5.73 Å². The number of esters is 1. The third-order valence-corrected chi connectivity index (χ3v) is 1.93. The van der Waals surface area contributed by atoms with E-state index in [2.05, 4.69) is 0 Å². The Morgan fingerprint density at radius 2 is 1.88 bits per heavy atom. The molecule has 0 saturated heterocycles. The number of carbonyl (C=O) groups excluding carboxylic acids is 1. The van der Waals surface area contributed by atoms with Crippen LogP contribution in [0.25, 0.3) is 0 Å². The minimum Gasteiger partial charge on any atom is -0.478 e. The van der Waals surface area contributed by atoms with E-state index in [9.17, 15) is 9.59 Å². The van der Waals surface area contributed by atoms with E-state index in [1.54, 1.807) is 20.8 Å². The van der Waals surface area contributed by atoms with Crippen LogP contribution in [0, 0.1) is 0 Å². The molecule has 92 valence electrons. The van der Waals surface area contributed by atoms with Crippen molar-refractivity contribution in [1.82, 2.24) is 0 Å². The molecule has 1 aromatic carbocycles. The zero-order valence-electron chi connectivity index (χ0n) is 9.98. The van der Waals surface area contributed by atoms with Gasteiger partial charge in [0.2, 0.25) is 0 Å². The molecule has 0 aliphatic heterocycles. The lowest BCUT2D eigenvalue weighted by molar-refractivity contribution is 0.00672. The second-order valence-corrected chi connectivity index (χ2v) is 4.58. The van der Waals surface area contributed by atoms with Gasteiger partial charge in [-0.2, -0.15) is 0 Å². The highest BCUT2D eigenvalue weighted by molar-refractivity contribution is 6.06. The van der Waals surface area contributed by atoms with Gasteiger partial charge in [0.25, 0.3) is 0 Å². The zero-order valence-corrected chi connectivity index (χ0v) is 9.98. The maximum absolute atomic E-state index is 11.8. The number of hydrogen-bond donors (Lipinski definition) is 2. The van der Waals surface area contributed by atoms with Crippen LogP contribution >= 0.6 is 0 Å². The number of rotatable bonds is 2. The Hall–Kier alpha value is -2.04. The van der Waals surface area contributed by atoms with Gasteiger partial charge in [-0.25, -0.2) is 9.59 Å². The van der Waals surface area contributed by atoms with Gasteiger partial charge in [0, 0.05) is 5.69 Å². The summed E-state index contributed by atoms with van der Waals surface area (Å²) in [6.45, 7) is 5.10. The Bertz CT molecular complexity index is 460. The summed E-state index contributed by atoms with van der Waals surface area (Å²) in [6.07, 6.45) is 0. The Kier molecular flexibility index (Phi) is 3.41. The minimum atomic E-state index is -1.21. The van der Waals surface area contributed by atoms with Crippen molar-refractivity contribution < 1.29 is 19.4 Å². The van der Waals surface area contributed by atoms with E-state index in [-0.39, 0.29) is 16.8 Å². The molecule has 0 bridgehead atoms. The number of nitrogen functional groups attached to an aromatic ring is 1. The number of nitrogens with two attached hydrogens (primary N) is 1. The van der Waals surface area contributed by atoms with Crippen LogP contribution in [0.5, 0.6) is 0 Å². The number of carboxylic acid groups (broad SMARTS) is 1. The summed E-state index contributed by atoms with van der Waals surface area (Å²) >= 11 is 0. The van der Waals surface area contributed by atoms with Gasteiger partial charge in [0.1, 0.15) is 5.60 Å². The molecule has 0 spiro atoms. The molecule has 5 nitrogen and oxygen atoms in total. The monoisotopic (exact) mass is 237 g/mol. The topological polar surface area (TPSA) is 89.6 Å². The van der Waals surface area contributed by atoms with Crippen molar-refractivity contribution in [3.63, 3.8) is 0 Å². The third kappa shape index (κ3) is 3.21. The van der Waals surface area contributed by atoms with E-state index in [4.69, 9.17) is 15.6 Å². The fourth-order valence-corrected chi connectivity index (χ4v) is 1.31. The molecule has 5 heteroatoms. The van der Waals surface area contributed by atoms with Crippen molar-refractivity contribution in [3.05, 3.63) is 29.3 Å². The Labute approximate surface area is 99.2 Å². The predicted molar refractivity (Wildman–Crippen MR) is 63.0 cm³/mol. The third-order valence-electron chi connectivity index (χ3n) is 1.93. The van der Waals surface area contributed by atoms with Crippen LogP contribution in [0.4, 0.5) is 5.69 Å².